The molecular weight excluding hydrogens is 217 g/mol. The molecule has 0 aliphatic carbocycles. The standard InChI is InChI=1S/C10H10FNO4/c11-6-3-8(10(13)14)9(12-4-6)16-7-1-2-15-5-7/h3-4,7H,1-2,5H2,(H,13,14). The second-order valence-corrected chi connectivity index (χ2v) is 3.41. The van der Waals surface area contributed by atoms with Crippen molar-refractivity contribution in [1.82, 2.24) is 4.98 Å². The Kier molecular flexibility index (Phi) is 3.00. The van der Waals surface area contributed by atoms with E-state index in [1.165, 1.54) is 0 Å². The summed E-state index contributed by atoms with van der Waals surface area (Å²) in [5, 5.41) is 8.85. The molecule has 1 aliphatic rings. The number of hydrogen-bond donors (Lipinski definition) is 1. The monoisotopic (exact) mass is 227 g/mol. The molecule has 1 aromatic heterocycles. The molecule has 0 amide bonds. The van der Waals surface area contributed by atoms with Crippen molar-refractivity contribution in [2.45, 2.75) is 12.5 Å². The summed E-state index contributed by atoms with van der Waals surface area (Å²) in [6.07, 6.45) is 1.39. The Morgan fingerprint density at radius 2 is 2.50 bits per heavy atom. The van der Waals surface area contributed by atoms with Gasteiger partial charge in [-0.25, -0.2) is 14.2 Å². The van der Waals surface area contributed by atoms with Crippen LogP contribution in [-0.4, -0.2) is 35.4 Å². The molecule has 2 heterocycles. The van der Waals surface area contributed by atoms with Gasteiger partial charge in [-0.1, -0.05) is 0 Å². The number of rotatable bonds is 3. The van der Waals surface area contributed by atoms with Crippen LogP contribution < -0.4 is 4.74 Å². The summed E-state index contributed by atoms with van der Waals surface area (Å²) in [5.74, 6) is -2.03. The van der Waals surface area contributed by atoms with E-state index in [2.05, 4.69) is 4.98 Å². The van der Waals surface area contributed by atoms with Crippen molar-refractivity contribution in [3.8, 4) is 5.88 Å². The third-order valence-electron chi connectivity index (χ3n) is 2.21. The maximum absolute atomic E-state index is 12.8. The highest BCUT2D eigenvalue weighted by Gasteiger charge is 2.21. The smallest absolute Gasteiger partial charge is 0.341 e. The molecule has 1 N–H and O–H groups in total. The van der Waals surface area contributed by atoms with Gasteiger partial charge < -0.3 is 14.6 Å². The summed E-state index contributed by atoms with van der Waals surface area (Å²) in [7, 11) is 0. The molecule has 1 fully saturated rings. The molecule has 5 nitrogen and oxygen atoms in total. The highest BCUT2D eigenvalue weighted by atomic mass is 19.1. The first-order valence-electron chi connectivity index (χ1n) is 4.80. The lowest BCUT2D eigenvalue weighted by Gasteiger charge is -2.12. The maximum Gasteiger partial charge on any atom is 0.341 e. The van der Waals surface area contributed by atoms with E-state index in [1.54, 1.807) is 0 Å². The van der Waals surface area contributed by atoms with Crippen molar-refractivity contribution in [2.24, 2.45) is 0 Å². The van der Waals surface area contributed by atoms with Crippen LogP contribution in [0, 0.1) is 5.82 Å². The van der Waals surface area contributed by atoms with Crippen molar-refractivity contribution >= 4 is 5.97 Å². The molecule has 1 unspecified atom stereocenters. The van der Waals surface area contributed by atoms with Crippen LogP contribution in [0.5, 0.6) is 5.88 Å². The van der Waals surface area contributed by atoms with Gasteiger partial charge in [-0.2, -0.15) is 0 Å². The van der Waals surface area contributed by atoms with Gasteiger partial charge in [0.05, 0.1) is 19.4 Å². The van der Waals surface area contributed by atoms with Crippen molar-refractivity contribution < 1.29 is 23.8 Å². The van der Waals surface area contributed by atoms with Crippen molar-refractivity contribution in [1.29, 1.82) is 0 Å². The zero-order valence-electron chi connectivity index (χ0n) is 8.35. The minimum Gasteiger partial charge on any atom is -0.477 e. The van der Waals surface area contributed by atoms with Gasteiger partial charge in [0.1, 0.15) is 17.5 Å². The Balaban J connectivity index is 2.21. The quantitative estimate of drug-likeness (QED) is 0.836. The number of halogens is 1. The van der Waals surface area contributed by atoms with Crippen LogP contribution in [0.15, 0.2) is 12.3 Å². The van der Waals surface area contributed by atoms with E-state index in [0.29, 0.717) is 19.6 Å². The molecule has 1 saturated heterocycles. The average molecular weight is 227 g/mol. The topological polar surface area (TPSA) is 68.7 Å². The number of nitrogens with zero attached hydrogens (tertiary/aromatic N) is 1. The predicted molar refractivity (Wildman–Crippen MR) is 51.0 cm³/mol. The first kappa shape index (κ1) is 10.8. The van der Waals surface area contributed by atoms with Crippen LogP contribution >= 0.6 is 0 Å². The van der Waals surface area contributed by atoms with Crippen LogP contribution in [0.3, 0.4) is 0 Å². The molecule has 1 aromatic rings. The molecular formula is C10H10FNO4. The number of aromatic carboxylic acids is 1. The number of carboxylic acid groups (broad SMARTS) is 1. The van der Waals surface area contributed by atoms with Gasteiger partial charge in [0.25, 0.3) is 0 Å². The second-order valence-electron chi connectivity index (χ2n) is 3.41. The fourth-order valence-corrected chi connectivity index (χ4v) is 1.44. The minimum absolute atomic E-state index is 0.0654. The fraction of sp³-hybridized carbons (Fsp3) is 0.400. The highest BCUT2D eigenvalue weighted by Crippen LogP contribution is 2.20. The Morgan fingerprint density at radius 3 is 3.12 bits per heavy atom. The summed E-state index contributed by atoms with van der Waals surface area (Å²) in [5.41, 5.74) is -0.271. The average Bonchev–Trinajstić information content (AvgIpc) is 2.73. The number of hydrogen-bond acceptors (Lipinski definition) is 4. The van der Waals surface area contributed by atoms with Gasteiger partial charge in [0, 0.05) is 6.42 Å². The summed E-state index contributed by atoms with van der Waals surface area (Å²) >= 11 is 0. The van der Waals surface area contributed by atoms with Crippen LogP contribution in [0.1, 0.15) is 16.8 Å². The molecule has 0 radical (unpaired) electrons. The number of carbonyl (C=O) groups is 1. The maximum atomic E-state index is 12.8. The Labute approximate surface area is 90.8 Å². The van der Waals surface area contributed by atoms with E-state index in [-0.39, 0.29) is 17.5 Å². The van der Waals surface area contributed by atoms with E-state index >= 15 is 0 Å². The van der Waals surface area contributed by atoms with E-state index in [4.69, 9.17) is 14.6 Å². The first-order chi connectivity index (χ1) is 7.66. The van der Waals surface area contributed by atoms with Crippen molar-refractivity contribution in [2.75, 3.05) is 13.2 Å². The number of carboxylic acids is 1. The van der Waals surface area contributed by atoms with Gasteiger partial charge in [0.15, 0.2) is 0 Å². The normalized spacial score (nSPS) is 19.7. The molecule has 0 saturated carbocycles. The predicted octanol–water partition coefficient (Wildman–Crippen LogP) is 1.09. The van der Waals surface area contributed by atoms with Crippen LogP contribution in [0.2, 0.25) is 0 Å². The Bertz CT molecular complexity index is 404. The number of ether oxygens (including phenoxy) is 2. The summed E-state index contributed by atoms with van der Waals surface area (Å²) < 4.78 is 23.2. The van der Waals surface area contributed by atoms with Crippen molar-refractivity contribution in [3.63, 3.8) is 0 Å². The molecule has 86 valence electrons. The molecule has 16 heavy (non-hydrogen) atoms. The molecule has 1 atom stereocenters. The van der Waals surface area contributed by atoms with E-state index in [0.717, 1.165) is 12.3 Å². The highest BCUT2D eigenvalue weighted by molar-refractivity contribution is 5.90. The summed E-state index contributed by atoms with van der Waals surface area (Å²) in [6.45, 7) is 0.979. The van der Waals surface area contributed by atoms with E-state index in [9.17, 15) is 9.18 Å². The van der Waals surface area contributed by atoms with Crippen LogP contribution in [0.4, 0.5) is 4.39 Å². The van der Waals surface area contributed by atoms with Gasteiger partial charge in [0.2, 0.25) is 5.88 Å². The molecule has 0 spiro atoms. The molecule has 1 aliphatic heterocycles. The largest absolute Gasteiger partial charge is 0.477 e. The SMILES string of the molecule is O=C(O)c1cc(F)cnc1OC1CCOC1. The zero-order valence-corrected chi connectivity index (χ0v) is 8.35. The minimum atomic E-state index is -1.26. The summed E-state index contributed by atoms with van der Waals surface area (Å²) in [6, 6.07) is 0.889. The van der Waals surface area contributed by atoms with Crippen LogP contribution in [-0.2, 0) is 4.74 Å². The van der Waals surface area contributed by atoms with Gasteiger partial charge in [-0.3, -0.25) is 0 Å². The van der Waals surface area contributed by atoms with Gasteiger partial charge >= 0.3 is 5.97 Å². The number of pyridine rings is 1. The Morgan fingerprint density at radius 1 is 1.69 bits per heavy atom. The Hall–Kier alpha value is -1.69. The number of aromatic nitrogens is 1. The fourth-order valence-electron chi connectivity index (χ4n) is 1.44. The molecule has 6 heteroatoms. The second kappa shape index (κ2) is 4.44. The molecule has 0 aromatic carbocycles. The third kappa shape index (κ3) is 2.27. The van der Waals surface area contributed by atoms with Crippen molar-refractivity contribution in [3.05, 3.63) is 23.6 Å². The van der Waals surface area contributed by atoms with E-state index < -0.39 is 11.8 Å². The molecule has 2 rings (SSSR count). The van der Waals surface area contributed by atoms with E-state index in [1.807, 2.05) is 0 Å². The lowest BCUT2D eigenvalue weighted by Crippen LogP contribution is -2.18. The van der Waals surface area contributed by atoms with Crippen LogP contribution in [0.25, 0.3) is 0 Å². The summed E-state index contributed by atoms with van der Waals surface area (Å²) in [4.78, 5) is 14.5. The lowest BCUT2D eigenvalue weighted by molar-refractivity contribution is 0.0684. The third-order valence-corrected chi connectivity index (χ3v) is 2.21. The van der Waals surface area contributed by atoms with Gasteiger partial charge in [-0.15, -0.1) is 0 Å². The first-order valence-corrected chi connectivity index (χ1v) is 4.80. The molecule has 0 bridgehead atoms. The zero-order chi connectivity index (χ0) is 11.5. The lowest BCUT2D eigenvalue weighted by atomic mass is 10.2. The van der Waals surface area contributed by atoms with Gasteiger partial charge in [-0.05, 0) is 6.07 Å².